The summed E-state index contributed by atoms with van der Waals surface area (Å²) in [4.78, 5) is 14.4. The van der Waals surface area contributed by atoms with Crippen LogP contribution in [0, 0.1) is 5.92 Å². The number of aliphatic carboxylic acids is 1. The molecule has 1 heterocycles. The topological polar surface area (TPSA) is 78.9 Å². The van der Waals surface area contributed by atoms with Gasteiger partial charge in [0.1, 0.15) is 0 Å². The molecule has 0 unspecified atom stereocenters. The highest BCUT2D eigenvalue weighted by Crippen LogP contribution is 2.37. The standard InChI is InChI=1S/C23H22F3N3O2/c24-23(25,26)22-27-21(28-29-22)19-11-9-18(10-12-19)17-7-5-16(6-8-17)15-3-1-14(2-4-15)13-20(30)31/h5-12,14-15H,1-4,13H2,(H,30,31)(H,27,28,29). The molecule has 1 aromatic heterocycles. The number of halogens is 3. The third-order valence-electron chi connectivity index (χ3n) is 5.92. The number of hydrogen-bond donors (Lipinski definition) is 2. The number of nitrogens with zero attached hydrogens (tertiary/aromatic N) is 2. The quantitative estimate of drug-likeness (QED) is 0.529. The first-order chi connectivity index (χ1) is 14.8. The van der Waals surface area contributed by atoms with Gasteiger partial charge in [0.05, 0.1) is 0 Å². The lowest BCUT2D eigenvalue weighted by Crippen LogP contribution is -2.16. The van der Waals surface area contributed by atoms with E-state index in [4.69, 9.17) is 5.11 Å². The van der Waals surface area contributed by atoms with Crippen molar-refractivity contribution < 1.29 is 23.1 Å². The van der Waals surface area contributed by atoms with E-state index >= 15 is 0 Å². The monoisotopic (exact) mass is 429 g/mol. The Balaban J connectivity index is 1.41. The van der Waals surface area contributed by atoms with Crippen molar-refractivity contribution in [2.24, 2.45) is 5.92 Å². The zero-order valence-corrected chi connectivity index (χ0v) is 16.7. The van der Waals surface area contributed by atoms with Crippen molar-refractivity contribution in [2.45, 2.75) is 44.2 Å². The lowest BCUT2D eigenvalue weighted by molar-refractivity contribution is -0.144. The van der Waals surface area contributed by atoms with Gasteiger partial charge < -0.3 is 5.11 Å². The fraction of sp³-hybridized carbons (Fsp3) is 0.348. The lowest BCUT2D eigenvalue weighted by atomic mass is 9.77. The summed E-state index contributed by atoms with van der Waals surface area (Å²) in [5.41, 5.74) is 3.76. The number of rotatable bonds is 5. The first-order valence-electron chi connectivity index (χ1n) is 10.2. The minimum absolute atomic E-state index is 0.0766. The minimum atomic E-state index is -4.58. The molecular weight excluding hydrogens is 407 g/mol. The van der Waals surface area contributed by atoms with Crippen LogP contribution in [0.15, 0.2) is 48.5 Å². The molecular formula is C23H22F3N3O2. The molecule has 0 saturated heterocycles. The molecule has 3 aromatic rings. The average molecular weight is 429 g/mol. The number of aromatic amines is 1. The normalized spacial score (nSPS) is 19.3. The zero-order chi connectivity index (χ0) is 22.0. The average Bonchev–Trinajstić information content (AvgIpc) is 3.25. The van der Waals surface area contributed by atoms with E-state index in [-0.39, 0.29) is 18.2 Å². The maximum atomic E-state index is 12.7. The van der Waals surface area contributed by atoms with Crippen molar-refractivity contribution in [2.75, 3.05) is 0 Å². The fourth-order valence-electron chi connectivity index (χ4n) is 4.23. The molecule has 0 bridgehead atoms. The molecule has 1 aliphatic rings. The smallest absolute Gasteiger partial charge is 0.453 e. The van der Waals surface area contributed by atoms with Gasteiger partial charge in [-0.3, -0.25) is 9.89 Å². The zero-order valence-electron chi connectivity index (χ0n) is 16.7. The minimum Gasteiger partial charge on any atom is -0.481 e. The number of H-pyrrole nitrogens is 1. The second kappa shape index (κ2) is 8.53. The fourth-order valence-corrected chi connectivity index (χ4v) is 4.23. The number of nitrogens with one attached hydrogen (secondary N) is 1. The number of carboxylic acid groups (broad SMARTS) is 1. The van der Waals surface area contributed by atoms with Gasteiger partial charge in [0.2, 0.25) is 0 Å². The summed E-state index contributed by atoms with van der Waals surface area (Å²) in [5, 5.41) is 14.5. The van der Waals surface area contributed by atoms with E-state index in [1.807, 2.05) is 24.3 Å². The van der Waals surface area contributed by atoms with Crippen LogP contribution in [0.1, 0.15) is 49.4 Å². The van der Waals surface area contributed by atoms with Crippen LogP contribution in [-0.2, 0) is 11.0 Å². The Morgan fingerprint density at radius 3 is 2.00 bits per heavy atom. The van der Waals surface area contributed by atoms with Gasteiger partial charge in [-0.15, -0.1) is 5.10 Å². The predicted molar refractivity (Wildman–Crippen MR) is 109 cm³/mol. The van der Waals surface area contributed by atoms with Gasteiger partial charge in [-0.05, 0) is 54.2 Å². The number of carbonyl (C=O) groups is 1. The molecule has 0 atom stereocenters. The molecule has 2 N–H and O–H groups in total. The van der Waals surface area contributed by atoms with E-state index in [1.54, 1.807) is 12.1 Å². The van der Waals surface area contributed by atoms with Crippen molar-refractivity contribution in [3.63, 3.8) is 0 Å². The highest BCUT2D eigenvalue weighted by molar-refractivity contribution is 5.68. The van der Waals surface area contributed by atoms with Crippen LogP contribution in [0.4, 0.5) is 13.2 Å². The molecule has 162 valence electrons. The number of carboxylic acids is 1. The van der Waals surface area contributed by atoms with E-state index in [2.05, 4.69) is 27.3 Å². The summed E-state index contributed by atoms with van der Waals surface area (Å²) in [5.74, 6) is -1.09. The summed E-state index contributed by atoms with van der Waals surface area (Å²) < 4.78 is 38.0. The van der Waals surface area contributed by atoms with Gasteiger partial charge in [0.15, 0.2) is 5.82 Å². The molecule has 1 aliphatic carbocycles. The highest BCUT2D eigenvalue weighted by Gasteiger charge is 2.36. The number of benzene rings is 2. The van der Waals surface area contributed by atoms with Gasteiger partial charge >= 0.3 is 12.1 Å². The lowest BCUT2D eigenvalue weighted by Gasteiger charge is -2.28. The molecule has 8 heteroatoms. The van der Waals surface area contributed by atoms with E-state index in [9.17, 15) is 18.0 Å². The van der Waals surface area contributed by atoms with Gasteiger partial charge in [-0.25, -0.2) is 4.98 Å². The largest absolute Gasteiger partial charge is 0.481 e. The van der Waals surface area contributed by atoms with E-state index in [0.29, 0.717) is 11.5 Å². The van der Waals surface area contributed by atoms with E-state index < -0.39 is 18.0 Å². The van der Waals surface area contributed by atoms with Crippen molar-refractivity contribution >= 4 is 5.97 Å². The Morgan fingerprint density at radius 2 is 1.48 bits per heavy atom. The predicted octanol–water partition coefficient (Wildman–Crippen LogP) is 5.91. The Hall–Kier alpha value is -3.16. The number of hydrogen-bond acceptors (Lipinski definition) is 3. The first kappa shape index (κ1) is 21.1. The summed E-state index contributed by atoms with van der Waals surface area (Å²) >= 11 is 0. The molecule has 4 rings (SSSR count). The summed E-state index contributed by atoms with van der Waals surface area (Å²) in [6.45, 7) is 0. The molecule has 2 aromatic carbocycles. The highest BCUT2D eigenvalue weighted by atomic mass is 19.4. The maximum Gasteiger partial charge on any atom is 0.453 e. The Bertz CT molecular complexity index is 1040. The molecule has 0 radical (unpaired) electrons. The van der Waals surface area contributed by atoms with Gasteiger partial charge in [-0.1, -0.05) is 48.5 Å². The molecule has 1 saturated carbocycles. The second-order valence-corrected chi connectivity index (χ2v) is 8.02. The summed E-state index contributed by atoms with van der Waals surface area (Å²) in [6, 6.07) is 15.4. The van der Waals surface area contributed by atoms with Crippen LogP contribution in [0.5, 0.6) is 0 Å². The van der Waals surface area contributed by atoms with Crippen molar-refractivity contribution in [3.8, 4) is 22.5 Å². The Labute approximate surface area is 177 Å². The van der Waals surface area contributed by atoms with Gasteiger partial charge in [0.25, 0.3) is 5.82 Å². The number of aromatic nitrogens is 3. The third-order valence-corrected chi connectivity index (χ3v) is 5.92. The Kier molecular flexibility index (Phi) is 5.80. The van der Waals surface area contributed by atoms with Crippen LogP contribution >= 0.6 is 0 Å². The maximum absolute atomic E-state index is 12.7. The van der Waals surface area contributed by atoms with Gasteiger partial charge in [-0.2, -0.15) is 13.2 Å². The third kappa shape index (κ3) is 4.95. The van der Waals surface area contributed by atoms with Crippen LogP contribution in [-0.4, -0.2) is 26.3 Å². The van der Waals surface area contributed by atoms with Crippen molar-refractivity contribution in [3.05, 3.63) is 59.9 Å². The first-order valence-corrected chi connectivity index (χ1v) is 10.2. The van der Waals surface area contributed by atoms with Crippen LogP contribution in [0.3, 0.4) is 0 Å². The number of alkyl halides is 3. The SMILES string of the molecule is O=C(O)CC1CCC(c2ccc(-c3ccc(-c4nc(C(F)(F)F)n[nH]4)cc3)cc2)CC1. The molecule has 0 spiro atoms. The molecule has 0 amide bonds. The van der Waals surface area contributed by atoms with E-state index in [0.717, 1.165) is 36.8 Å². The van der Waals surface area contributed by atoms with Crippen LogP contribution in [0.2, 0.25) is 0 Å². The second-order valence-electron chi connectivity index (χ2n) is 8.02. The molecule has 5 nitrogen and oxygen atoms in total. The Morgan fingerprint density at radius 1 is 0.935 bits per heavy atom. The molecule has 31 heavy (non-hydrogen) atoms. The van der Waals surface area contributed by atoms with Crippen LogP contribution in [0.25, 0.3) is 22.5 Å². The summed E-state index contributed by atoms with van der Waals surface area (Å²) in [6.07, 6.45) is -0.429. The van der Waals surface area contributed by atoms with Gasteiger partial charge in [0, 0.05) is 12.0 Å². The van der Waals surface area contributed by atoms with E-state index in [1.165, 1.54) is 5.56 Å². The molecule has 0 aliphatic heterocycles. The van der Waals surface area contributed by atoms with Crippen molar-refractivity contribution in [1.82, 2.24) is 15.2 Å². The molecule has 1 fully saturated rings. The van der Waals surface area contributed by atoms with Crippen LogP contribution < -0.4 is 0 Å². The van der Waals surface area contributed by atoms with Crippen molar-refractivity contribution in [1.29, 1.82) is 0 Å². The summed E-state index contributed by atoms with van der Waals surface area (Å²) in [7, 11) is 0.